The summed E-state index contributed by atoms with van der Waals surface area (Å²) in [6.45, 7) is 0. The number of fused-ring (bicyclic) bond motifs is 5. The normalized spacial score (nSPS) is 13.2. The van der Waals surface area contributed by atoms with Gasteiger partial charge in [-0.15, -0.1) is 0 Å². The van der Waals surface area contributed by atoms with Gasteiger partial charge in [0.05, 0.1) is 16.8 Å². The molecular formula is C26H15NO4. The largest absolute Gasteiger partial charge is 0.453 e. The molecule has 0 unspecified atom stereocenters. The fourth-order valence-corrected chi connectivity index (χ4v) is 4.01. The predicted octanol–water partition coefficient (Wildman–Crippen LogP) is 6.26. The van der Waals surface area contributed by atoms with E-state index in [-0.39, 0.29) is 11.8 Å². The van der Waals surface area contributed by atoms with Crippen LogP contribution in [0, 0.1) is 0 Å². The number of carbonyl (C=O) groups excluding carboxylic acids is 2. The quantitative estimate of drug-likeness (QED) is 0.309. The number of carbonyl (C=O) groups is 2. The fraction of sp³-hybridized carbons (Fsp3) is 0. The third kappa shape index (κ3) is 2.64. The Balaban J connectivity index is 1.68. The third-order valence-electron chi connectivity index (χ3n) is 5.47. The number of anilines is 1. The molecule has 1 aliphatic heterocycles. The van der Waals surface area contributed by atoms with Crippen LogP contribution in [0.5, 0.6) is 0 Å². The first-order valence-electron chi connectivity index (χ1n) is 9.87. The van der Waals surface area contributed by atoms with Gasteiger partial charge in [-0.2, -0.15) is 0 Å². The number of nitrogens with zero attached hydrogens (tertiary/aromatic N) is 1. The summed E-state index contributed by atoms with van der Waals surface area (Å²) >= 11 is 0. The van der Waals surface area contributed by atoms with Crippen LogP contribution in [0.4, 0.5) is 5.69 Å². The second kappa shape index (κ2) is 6.57. The van der Waals surface area contributed by atoms with Crippen LogP contribution in [0.3, 0.4) is 0 Å². The van der Waals surface area contributed by atoms with Gasteiger partial charge in [0.2, 0.25) is 0 Å². The average molecular weight is 405 g/mol. The number of hydrogen-bond acceptors (Lipinski definition) is 4. The van der Waals surface area contributed by atoms with Crippen LogP contribution >= 0.6 is 0 Å². The molecule has 6 rings (SSSR count). The van der Waals surface area contributed by atoms with E-state index in [9.17, 15) is 9.59 Å². The molecule has 0 atom stereocenters. The molecule has 2 amide bonds. The Labute approximate surface area is 176 Å². The summed E-state index contributed by atoms with van der Waals surface area (Å²) < 4.78 is 12.4. The molecule has 0 aliphatic carbocycles. The van der Waals surface area contributed by atoms with Gasteiger partial charge in [-0.3, -0.25) is 9.59 Å². The van der Waals surface area contributed by atoms with Gasteiger partial charge >= 0.3 is 0 Å². The fourth-order valence-electron chi connectivity index (χ4n) is 4.01. The van der Waals surface area contributed by atoms with Crippen molar-refractivity contribution in [2.24, 2.45) is 0 Å². The molecule has 1 aromatic heterocycles. The zero-order chi connectivity index (χ0) is 20.9. The van der Waals surface area contributed by atoms with Gasteiger partial charge in [-0.05, 0) is 36.4 Å². The number of rotatable bonds is 1. The highest BCUT2D eigenvalue weighted by Crippen LogP contribution is 2.33. The summed E-state index contributed by atoms with van der Waals surface area (Å²) in [5.74, 6) is -0.762. The lowest BCUT2D eigenvalue weighted by Crippen LogP contribution is -2.29. The first kappa shape index (κ1) is 17.5. The van der Waals surface area contributed by atoms with Gasteiger partial charge in [-0.25, -0.2) is 4.90 Å². The number of benzene rings is 4. The van der Waals surface area contributed by atoms with Gasteiger partial charge in [0.15, 0.2) is 11.2 Å². The summed E-state index contributed by atoms with van der Waals surface area (Å²) in [6, 6.07) is 27.4. The maximum absolute atomic E-state index is 13.1. The van der Waals surface area contributed by atoms with Crippen LogP contribution < -0.4 is 4.90 Å². The van der Waals surface area contributed by atoms with Crippen molar-refractivity contribution < 1.29 is 18.4 Å². The third-order valence-corrected chi connectivity index (χ3v) is 5.47. The van der Waals surface area contributed by atoms with Crippen LogP contribution in [0.2, 0.25) is 0 Å². The Morgan fingerprint density at radius 3 is 1.48 bits per heavy atom. The molecule has 0 bridgehead atoms. The van der Waals surface area contributed by atoms with E-state index in [0.717, 1.165) is 10.8 Å². The lowest BCUT2D eigenvalue weighted by atomic mass is 10.1. The Kier molecular flexibility index (Phi) is 3.70. The molecule has 5 heteroatoms. The minimum absolute atomic E-state index is 0.294. The lowest BCUT2D eigenvalue weighted by Gasteiger charge is -2.13. The van der Waals surface area contributed by atoms with Gasteiger partial charge in [-0.1, -0.05) is 54.6 Å². The van der Waals surface area contributed by atoms with Gasteiger partial charge < -0.3 is 8.83 Å². The summed E-state index contributed by atoms with van der Waals surface area (Å²) in [4.78, 5) is 27.4. The second-order valence-electron chi connectivity index (χ2n) is 7.32. The molecule has 5 aromatic rings. The minimum atomic E-state index is -0.381. The van der Waals surface area contributed by atoms with E-state index in [1.54, 1.807) is 36.4 Å². The molecule has 31 heavy (non-hydrogen) atoms. The highest BCUT2D eigenvalue weighted by atomic mass is 16.4. The molecule has 0 radical (unpaired) electrons. The van der Waals surface area contributed by atoms with E-state index in [1.165, 1.54) is 4.90 Å². The zero-order valence-corrected chi connectivity index (χ0v) is 16.2. The second-order valence-corrected chi connectivity index (χ2v) is 7.32. The number of amides is 2. The smallest absolute Gasteiger partial charge is 0.266 e. The van der Waals surface area contributed by atoms with Crippen molar-refractivity contribution in [2.75, 3.05) is 4.90 Å². The summed E-state index contributed by atoms with van der Waals surface area (Å²) in [5.41, 5.74) is 3.18. The van der Waals surface area contributed by atoms with E-state index in [2.05, 4.69) is 0 Å². The topological polar surface area (TPSA) is 63.7 Å². The first-order valence-corrected chi connectivity index (χ1v) is 9.87. The number of imide groups is 1. The van der Waals surface area contributed by atoms with Gasteiger partial charge in [0, 0.05) is 10.8 Å². The van der Waals surface area contributed by atoms with Crippen LogP contribution in [-0.2, 0) is 0 Å². The number of hydrogen-bond donors (Lipinski definition) is 0. The molecule has 148 valence electrons. The zero-order valence-electron chi connectivity index (χ0n) is 16.2. The lowest BCUT2D eigenvalue weighted by molar-refractivity contribution is 0.0926. The van der Waals surface area contributed by atoms with Crippen molar-refractivity contribution in [3.05, 3.63) is 102 Å². The van der Waals surface area contributed by atoms with Crippen molar-refractivity contribution in [3.8, 4) is 0 Å². The van der Waals surface area contributed by atoms with Crippen molar-refractivity contribution in [1.29, 1.82) is 0 Å². The summed E-state index contributed by atoms with van der Waals surface area (Å²) in [6.07, 6.45) is 0. The predicted molar refractivity (Wildman–Crippen MR) is 119 cm³/mol. The van der Waals surface area contributed by atoms with Crippen molar-refractivity contribution in [2.45, 2.75) is 0 Å². The van der Waals surface area contributed by atoms with Crippen molar-refractivity contribution >= 4 is 50.6 Å². The van der Waals surface area contributed by atoms with Crippen LogP contribution in [-0.4, -0.2) is 11.8 Å². The van der Waals surface area contributed by atoms with E-state index in [0.29, 0.717) is 39.1 Å². The van der Waals surface area contributed by atoms with Crippen LogP contribution in [0.1, 0.15) is 20.7 Å². The maximum atomic E-state index is 13.1. The molecule has 0 spiro atoms. The molecule has 0 N–H and O–H groups in total. The standard InChI is InChI=1S/C26H15NO4/c28-25-19-14-23-24(15-20(19)26(29)27(25)16-8-2-1-3-9-16)31-22-13-7-5-11-18(22)17-10-4-6-12-21(17)30-23/h1-15H. The molecule has 0 saturated heterocycles. The van der Waals surface area contributed by atoms with E-state index in [1.807, 2.05) is 54.6 Å². The van der Waals surface area contributed by atoms with E-state index in [4.69, 9.17) is 8.83 Å². The highest BCUT2D eigenvalue weighted by Gasteiger charge is 2.37. The molecule has 1 aliphatic rings. The Hall–Kier alpha value is -4.38. The molecule has 0 fully saturated rings. The minimum Gasteiger partial charge on any atom is -0.453 e. The van der Waals surface area contributed by atoms with Gasteiger partial charge in [0.25, 0.3) is 11.8 Å². The Bertz CT molecular complexity index is 1480. The Morgan fingerprint density at radius 1 is 0.516 bits per heavy atom. The monoisotopic (exact) mass is 405 g/mol. The summed E-state index contributed by atoms with van der Waals surface area (Å²) in [7, 11) is 0. The number of para-hydroxylation sites is 3. The molecular weight excluding hydrogens is 390 g/mol. The average Bonchev–Trinajstić information content (AvgIpc) is 3.03. The SMILES string of the molecule is O=C1c2cc3oc4ccccc4c4ccccc4oc3cc2C(=O)N1c1ccccc1. The van der Waals surface area contributed by atoms with E-state index < -0.39 is 0 Å². The van der Waals surface area contributed by atoms with Crippen molar-refractivity contribution in [3.63, 3.8) is 0 Å². The van der Waals surface area contributed by atoms with Crippen molar-refractivity contribution in [1.82, 2.24) is 0 Å². The molecule has 2 heterocycles. The molecule has 5 nitrogen and oxygen atoms in total. The molecule has 4 aromatic carbocycles. The Morgan fingerprint density at radius 2 is 0.968 bits per heavy atom. The summed E-state index contributed by atoms with van der Waals surface area (Å²) in [5, 5.41) is 1.77. The maximum Gasteiger partial charge on any atom is 0.266 e. The van der Waals surface area contributed by atoms with Gasteiger partial charge in [0.1, 0.15) is 11.2 Å². The van der Waals surface area contributed by atoms with Crippen LogP contribution in [0.15, 0.2) is 99.8 Å². The van der Waals surface area contributed by atoms with Crippen LogP contribution in [0.25, 0.3) is 33.1 Å². The molecule has 0 saturated carbocycles. The first-order chi connectivity index (χ1) is 15.2. The highest BCUT2D eigenvalue weighted by molar-refractivity contribution is 6.35. The van der Waals surface area contributed by atoms with E-state index >= 15 is 0 Å².